The molecular formula is C16H19N5O2. The fourth-order valence-electron chi connectivity index (χ4n) is 2.72. The first-order valence-corrected chi connectivity index (χ1v) is 7.59. The number of aryl methyl sites for hydroxylation is 2. The molecule has 1 aliphatic rings. The first-order chi connectivity index (χ1) is 11.0. The van der Waals surface area contributed by atoms with E-state index < -0.39 is 0 Å². The second-order valence-corrected chi connectivity index (χ2v) is 5.72. The first kappa shape index (κ1) is 15.2. The lowest BCUT2D eigenvalue weighted by molar-refractivity contribution is -0.119. The fraction of sp³-hybridized carbons (Fsp3) is 0.375. The molecular weight excluding hydrogens is 294 g/mol. The predicted octanol–water partition coefficient (Wildman–Crippen LogP) is 1.35. The number of rotatable bonds is 4. The Labute approximate surface area is 134 Å². The standard InChI is InChI=1S/C16H19N5O2/c1-10-3-5-12(6-4-10)18-16(23)13-7-8-14-19-20-15(21(13)14)9-17-11(2)22/h3-6,13H,7-9H2,1-2H3,(H,17,22)(H,18,23). The van der Waals surface area contributed by atoms with E-state index in [-0.39, 0.29) is 24.4 Å². The summed E-state index contributed by atoms with van der Waals surface area (Å²) >= 11 is 0. The smallest absolute Gasteiger partial charge is 0.247 e. The van der Waals surface area contributed by atoms with Gasteiger partial charge in [0.15, 0.2) is 5.82 Å². The molecule has 7 nitrogen and oxygen atoms in total. The molecule has 0 radical (unpaired) electrons. The number of hydrogen-bond acceptors (Lipinski definition) is 4. The van der Waals surface area contributed by atoms with Gasteiger partial charge in [0.2, 0.25) is 11.8 Å². The monoisotopic (exact) mass is 313 g/mol. The van der Waals surface area contributed by atoms with Crippen LogP contribution in [0.3, 0.4) is 0 Å². The fourth-order valence-corrected chi connectivity index (χ4v) is 2.72. The molecule has 0 fully saturated rings. The van der Waals surface area contributed by atoms with Crippen LogP contribution in [0.2, 0.25) is 0 Å². The van der Waals surface area contributed by atoms with Gasteiger partial charge in [0.25, 0.3) is 0 Å². The molecule has 0 spiro atoms. The highest BCUT2D eigenvalue weighted by atomic mass is 16.2. The van der Waals surface area contributed by atoms with E-state index in [0.29, 0.717) is 18.7 Å². The molecule has 1 unspecified atom stereocenters. The van der Waals surface area contributed by atoms with Crippen molar-refractivity contribution in [1.82, 2.24) is 20.1 Å². The zero-order valence-electron chi connectivity index (χ0n) is 13.2. The third kappa shape index (κ3) is 3.23. The summed E-state index contributed by atoms with van der Waals surface area (Å²) in [6.45, 7) is 3.72. The lowest BCUT2D eigenvalue weighted by atomic mass is 10.2. The molecule has 7 heteroatoms. The molecule has 0 aliphatic carbocycles. The highest BCUT2D eigenvalue weighted by molar-refractivity contribution is 5.94. The van der Waals surface area contributed by atoms with E-state index in [1.54, 1.807) is 0 Å². The molecule has 1 atom stereocenters. The Morgan fingerprint density at radius 3 is 2.70 bits per heavy atom. The SMILES string of the molecule is CC(=O)NCc1nnc2n1C(C(=O)Nc1ccc(C)cc1)CC2. The van der Waals surface area contributed by atoms with Crippen molar-refractivity contribution in [2.45, 2.75) is 39.3 Å². The first-order valence-electron chi connectivity index (χ1n) is 7.59. The van der Waals surface area contributed by atoms with Crippen LogP contribution in [-0.4, -0.2) is 26.6 Å². The molecule has 3 rings (SSSR count). The quantitative estimate of drug-likeness (QED) is 0.891. The second-order valence-electron chi connectivity index (χ2n) is 5.72. The van der Waals surface area contributed by atoms with E-state index >= 15 is 0 Å². The average molecular weight is 313 g/mol. The molecule has 1 aromatic heterocycles. The number of carbonyl (C=O) groups excluding carboxylic acids is 2. The van der Waals surface area contributed by atoms with Crippen LogP contribution < -0.4 is 10.6 Å². The molecule has 0 saturated carbocycles. The highest BCUT2D eigenvalue weighted by Crippen LogP contribution is 2.27. The number of anilines is 1. The number of nitrogens with zero attached hydrogens (tertiary/aromatic N) is 3. The molecule has 2 aromatic rings. The molecule has 0 bridgehead atoms. The Bertz CT molecular complexity index is 735. The topological polar surface area (TPSA) is 88.9 Å². The third-order valence-corrected chi connectivity index (χ3v) is 3.91. The van der Waals surface area contributed by atoms with E-state index in [0.717, 1.165) is 17.1 Å². The normalized spacial score (nSPS) is 16.0. The third-order valence-electron chi connectivity index (χ3n) is 3.91. The molecule has 2 N–H and O–H groups in total. The minimum Gasteiger partial charge on any atom is -0.349 e. The summed E-state index contributed by atoms with van der Waals surface area (Å²) in [4.78, 5) is 23.7. The van der Waals surface area contributed by atoms with Crippen LogP contribution in [0, 0.1) is 6.92 Å². The molecule has 1 aliphatic heterocycles. The van der Waals surface area contributed by atoms with Crippen molar-refractivity contribution < 1.29 is 9.59 Å². The van der Waals surface area contributed by atoms with Gasteiger partial charge in [-0.2, -0.15) is 0 Å². The maximum Gasteiger partial charge on any atom is 0.247 e. The van der Waals surface area contributed by atoms with Crippen LogP contribution in [0.15, 0.2) is 24.3 Å². The lowest BCUT2D eigenvalue weighted by Gasteiger charge is -2.15. The van der Waals surface area contributed by atoms with E-state index in [1.807, 2.05) is 35.8 Å². The number of carbonyl (C=O) groups is 2. The number of hydrogen-bond donors (Lipinski definition) is 2. The summed E-state index contributed by atoms with van der Waals surface area (Å²) in [5, 5.41) is 13.8. The van der Waals surface area contributed by atoms with Crippen LogP contribution in [-0.2, 0) is 22.6 Å². The molecule has 2 heterocycles. The number of aromatic nitrogens is 3. The van der Waals surface area contributed by atoms with Crippen molar-refractivity contribution >= 4 is 17.5 Å². The Hall–Kier alpha value is -2.70. The number of fused-ring (bicyclic) bond motifs is 1. The average Bonchev–Trinajstić information content (AvgIpc) is 3.09. The Kier molecular flexibility index (Phi) is 4.10. The van der Waals surface area contributed by atoms with Gasteiger partial charge in [0.1, 0.15) is 11.9 Å². The summed E-state index contributed by atoms with van der Waals surface area (Å²) in [5.74, 6) is 1.17. The van der Waals surface area contributed by atoms with Crippen LogP contribution >= 0.6 is 0 Å². The number of benzene rings is 1. The van der Waals surface area contributed by atoms with Gasteiger partial charge in [-0.25, -0.2) is 0 Å². The lowest BCUT2D eigenvalue weighted by Crippen LogP contribution is -2.27. The van der Waals surface area contributed by atoms with Crippen molar-refractivity contribution in [2.75, 3.05) is 5.32 Å². The van der Waals surface area contributed by atoms with Crippen molar-refractivity contribution in [2.24, 2.45) is 0 Å². The van der Waals surface area contributed by atoms with Crippen molar-refractivity contribution in [3.05, 3.63) is 41.5 Å². The largest absolute Gasteiger partial charge is 0.349 e. The van der Waals surface area contributed by atoms with Gasteiger partial charge in [-0.3, -0.25) is 9.59 Å². The van der Waals surface area contributed by atoms with Gasteiger partial charge in [-0.05, 0) is 25.5 Å². The van der Waals surface area contributed by atoms with E-state index in [2.05, 4.69) is 20.8 Å². The van der Waals surface area contributed by atoms with Crippen LogP contribution in [0.5, 0.6) is 0 Å². The molecule has 120 valence electrons. The summed E-state index contributed by atoms with van der Waals surface area (Å²) in [5.41, 5.74) is 1.91. The summed E-state index contributed by atoms with van der Waals surface area (Å²) in [6, 6.07) is 7.33. The summed E-state index contributed by atoms with van der Waals surface area (Å²) < 4.78 is 1.83. The zero-order chi connectivity index (χ0) is 16.4. The molecule has 0 saturated heterocycles. The maximum atomic E-state index is 12.6. The predicted molar refractivity (Wildman–Crippen MR) is 84.7 cm³/mol. The van der Waals surface area contributed by atoms with Gasteiger partial charge < -0.3 is 15.2 Å². The maximum absolute atomic E-state index is 12.6. The second kappa shape index (κ2) is 6.20. The van der Waals surface area contributed by atoms with E-state index in [1.165, 1.54) is 6.92 Å². The van der Waals surface area contributed by atoms with Gasteiger partial charge in [0.05, 0.1) is 6.54 Å². The van der Waals surface area contributed by atoms with E-state index in [9.17, 15) is 9.59 Å². The Balaban J connectivity index is 1.75. The number of nitrogens with one attached hydrogen (secondary N) is 2. The minimum atomic E-state index is -0.343. The summed E-state index contributed by atoms with van der Waals surface area (Å²) in [6.07, 6.45) is 1.40. The Morgan fingerprint density at radius 1 is 1.26 bits per heavy atom. The van der Waals surface area contributed by atoms with Crippen LogP contribution in [0.25, 0.3) is 0 Å². The molecule has 1 aromatic carbocycles. The van der Waals surface area contributed by atoms with Gasteiger partial charge in [-0.15, -0.1) is 10.2 Å². The Morgan fingerprint density at radius 2 is 2.00 bits per heavy atom. The van der Waals surface area contributed by atoms with Crippen molar-refractivity contribution in [3.63, 3.8) is 0 Å². The zero-order valence-corrected chi connectivity index (χ0v) is 13.2. The minimum absolute atomic E-state index is 0.0866. The van der Waals surface area contributed by atoms with Gasteiger partial charge in [0, 0.05) is 19.0 Å². The molecule has 23 heavy (non-hydrogen) atoms. The summed E-state index contributed by atoms with van der Waals surface area (Å²) in [7, 11) is 0. The number of amides is 2. The van der Waals surface area contributed by atoms with Gasteiger partial charge >= 0.3 is 0 Å². The van der Waals surface area contributed by atoms with Crippen LogP contribution in [0.1, 0.15) is 36.6 Å². The van der Waals surface area contributed by atoms with Crippen molar-refractivity contribution in [1.29, 1.82) is 0 Å². The highest BCUT2D eigenvalue weighted by Gasteiger charge is 2.32. The molecule has 2 amide bonds. The van der Waals surface area contributed by atoms with Crippen molar-refractivity contribution in [3.8, 4) is 0 Å². The van der Waals surface area contributed by atoms with Crippen LogP contribution in [0.4, 0.5) is 5.69 Å². The van der Waals surface area contributed by atoms with E-state index in [4.69, 9.17) is 0 Å². The van der Waals surface area contributed by atoms with Gasteiger partial charge in [-0.1, -0.05) is 17.7 Å².